The standard InChI is InChI=1S/C11H11ClN2/c12-11-5-10(13-6-14-11)9-4-7-1-2-8(9)3-7/h1-2,5-9H,3-4H2/t7-,8-,9+/m0/s1. The van der Waals surface area contributed by atoms with Gasteiger partial charge in [-0.1, -0.05) is 23.8 Å². The van der Waals surface area contributed by atoms with E-state index in [2.05, 4.69) is 22.1 Å². The molecule has 0 amide bonds. The van der Waals surface area contributed by atoms with Crippen LogP contribution in [0.4, 0.5) is 0 Å². The lowest BCUT2D eigenvalue weighted by molar-refractivity contribution is 0.569. The van der Waals surface area contributed by atoms with Crippen molar-refractivity contribution < 1.29 is 0 Å². The third-order valence-corrected chi connectivity index (χ3v) is 3.52. The van der Waals surface area contributed by atoms with Gasteiger partial charge in [-0.25, -0.2) is 9.97 Å². The molecular formula is C11H11ClN2. The van der Waals surface area contributed by atoms with Crippen molar-refractivity contribution in [1.29, 1.82) is 0 Å². The van der Waals surface area contributed by atoms with Crippen molar-refractivity contribution in [2.75, 3.05) is 0 Å². The number of hydrogen-bond donors (Lipinski definition) is 0. The van der Waals surface area contributed by atoms with Gasteiger partial charge in [0.25, 0.3) is 0 Å². The number of fused-ring (bicyclic) bond motifs is 2. The van der Waals surface area contributed by atoms with Gasteiger partial charge in [0.1, 0.15) is 11.5 Å². The van der Waals surface area contributed by atoms with Gasteiger partial charge in [0, 0.05) is 11.6 Å². The van der Waals surface area contributed by atoms with Gasteiger partial charge in [-0.3, -0.25) is 0 Å². The summed E-state index contributed by atoms with van der Waals surface area (Å²) in [5, 5.41) is 0.557. The molecular weight excluding hydrogens is 196 g/mol. The fourth-order valence-corrected chi connectivity index (χ4v) is 2.83. The van der Waals surface area contributed by atoms with E-state index < -0.39 is 0 Å². The summed E-state index contributed by atoms with van der Waals surface area (Å²) in [6.07, 6.45) is 8.76. The van der Waals surface area contributed by atoms with Crippen LogP contribution in [0.3, 0.4) is 0 Å². The molecule has 1 aromatic rings. The molecule has 72 valence electrons. The van der Waals surface area contributed by atoms with E-state index in [4.69, 9.17) is 11.6 Å². The molecule has 1 fully saturated rings. The quantitative estimate of drug-likeness (QED) is 0.522. The van der Waals surface area contributed by atoms with E-state index in [0.29, 0.717) is 17.0 Å². The van der Waals surface area contributed by atoms with Crippen LogP contribution in [-0.4, -0.2) is 9.97 Å². The molecule has 2 bridgehead atoms. The third kappa shape index (κ3) is 1.25. The normalized spacial score (nSPS) is 33.9. The molecule has 14 heavy (non-hydrogen) atoms. The van der Waals surface area contributed by atoms with Crippen molar-refractivity contribution in [1.82, 2.24) is 9.97 Å². The smallest absolute Gasteiger partial charge is 0.132 e. The maximum absolute atomic E-state index is 5.86. The minimum atomic E-state index is 0.557. The minimum absolute atomic E-state index is 0.557. The molecule has 0 spiro atoms. The lowest BCUT2D eigenvalue weighted by Crippen LogP contribution is -2.07. The van der Waals surface area contributed by atoms with Crippen LogP contribution in [0.1, 0.15) is 24.5 Å². The van der Waals surface area contributed by atoms with Crippen molar-refractivity contribution >= 4 is 11.6 Å². The number of halogens is 1. The van der Waals surface area contributed by atoms with Crippen LogP contribution in [0.25, 0.3) is 0 Å². The number of aromatic nitrogens is 2. The molecule has 1 aromatic heterocycles. The Kier molecular flexibility index (Phi) is 1.84. The summed E-state index contributed by atoms with van der Waals surface area (Å²) in [6, 6.07) is 1.90. The summed E-state index contributed by atoms with van der Waals surface area (Å²) < 4.78 is 0. The van der Waals surface area contributed by atoms with Crippen LogP contribution in [0, 0.1) is 11.8 Å². The Hall–Kier alpha value is -0.890. The summed E-state index contributed by atoms with van der Waals surface area (Å²) in [5.41, 5.74) is 1.11. The molecule has 3 heteroatoms. The monoisotopic (exact) mass is 206 g/mol. The summed E-state index contributed by atoms with van der Waals surface area (Å²) in [7, 11) is 0. The predicted molar refractivity (Wildman–Crippen MR) is 55.1 cm³/mol. The molecule has 0 N–H and O–H groups in total. The fraction of sp³-hybridized carbons (Fsp3) is 0.455. The molecule has 0 saturated heterocycles. The molecule has 3 rings (SSSR count). The third-order valence-electron chi connectivity index (χ3n) is 3.31. The fourth-order valence-electron chi connectivity index (χ4n) is 2.67. The molecule has 0 radical (unpaired) electrons. The van der Waals surface area contributed by atoms with Crippen LogP contribution in [-0.2, 0) is 0 Å². The summed E-state index contributed by atoms with van der Waals surface area (Å²) in [5.74, 6) is 2.04. The molecule has 0 unspecified atom stereocenters. The Labute approximate surface area is 88.0 Å². The van der Waals surface area contributed by atoms with E-state index in [1.165, 1.54) is 12.8 Å². The van der Waals surface area contributed by atoms with E-state index in [0.717, 1.165) is 11.6 Å². The average molecular weight is 207 g/mol. The maximum atomic E-state index is 5.86. The van der Waals surface area contributed by atoms with Crippen molar-refractivity contribution in [3.8, 4) is 0 Å². The second kappa shape index (κ2) is 3.06. The molecule has 2 aliphatic carbocycles. The van der Waals surface area contributed by atoms with Gasteiger partial charge >= 0.3 is 0 Å². The Morgan fingerprint density at radius 2 is 2.14 bits per heavy atom. The number of allylic oxidation sites excluding steroid dienone is 2. The van der Waals surface area contributed by atoms with E-state index in [1.807, 2.05) is 6.07 Å². The van der Waals surface area contributed by atoms with Gasteiger partial charge in [0.2, 0.25) is 0 Å². The first-order valence-corrected chi connectivity index (χ1v) is 5.36. The van der Waals surface area contributed by atoms with Gasteiger partial charge in [0.15, 0.2) is 0 Å². The zero-order valence-corrected chi connectivity index (χ0v) is 8.48. The lowest BCUT2D eigenvalue weighted by Gasteiger charge is -2.16. The van der Waals surface area contributed by atoms with Crippen LogP contribution in [0.2, 0.25) is 5.15 Å². The largest absolute Gasteiger partial charge is 0.241 e. The SMILES string of the molecule is Clc1cc([C@@H]2C[C@H]3C=C[C@H]2C3)ncn1. The lowest BCUT2D eigenvalue weighted by atomic mass is 9.90. The highest BCUT2D eigenvalue weighted by molar-refractivity contribution is 6.29. The molecule has 1 heterocycles. The topological polar surface area (TPSA) is 25.8 Å². The number of nitrogens with zero attached hydrogens (tertiary/aromatic N) is 2. The molecule has 1 saturated carbocycles. The van der Waals surface area contributed by atoms with E-state index in [-0.39, 0.29) is 0 Å². The van der Waals surface area contributed by atoms with Crippen molar-refractivity contribution in [3.63, 3.8) is 0 Å². The molecule has 3 atom stereocenters. The highest BCUT2D eigenvalue weighted by Crippen LogP contribution is 2.48. The first kappa shape index (κ1) is 8.42. The minimum Gasteiger partial charge on any atom is -0.241 e. The van der Waals surface area contributed by atoms with E-state index >= 15 is 0 Å². The summed E-state index contributed by atoms with van der Waals surface area (Å²) in [6.45, 7) is 0. The Bertz CT molecular complexity index is 389. The first-order chi connectivity index (χ1) is 6.83. The predicted octanol–water partition coefficient (Wildman–Crippen LogP) is 2.81. The molecule has 2 nitrogen and oxygen atoms in total. The highest BCUT2D eigenvalue weighted by atomic mass is 35.5. The first-order valence-electron chi connectivity index (χ1n) is 4.98. The highest BCUT2D eigenvalue weighted by Gasteiger charge is 2.37. The van der Waals surface area contributed by atoms with Crippen LogP contribution in [0.5, 0.6) is 0 Å². The second-order valence-electron chi connectivity index (χ2n) is 4.15. The maximum Gasteiger partial charge on any atom is 0.132 e. The molecule has 2 aliphatic rings. The number of rotatable bonds is 1. The van der Waals surface area contributed by atoms with Crippen molar-refractivity contribution in [3.05, 3.63) is 35.4 Å². The zero-order valence-electron chi connectivity index (χ0n) is 7.73. The van der Waals surface area contributed by atoms with Gasteiger partial charge in [0.05, 0.1) is 0 Å². The van der Waals surface area contributed by atoms with Gasteiger partial charge in [-0.15, -0.1) is 0 Å². The molecule has 0 aromatic carbocycles. The van der Waals surface area contributed by atoms with Crippen LogP contribution in [0.15, 0.2) is 24.5 Å². The average Bonchev–Trinajstić information content (AvgIpc) is 2.78. The summed E-state index contributed by atoms with van der Waals surface area (Å²) >= 11 is 5.86. The van der Waals surface area contributed by atoms with Gasteiger partial charge in [-0.05, 0) is 30.7 Å². The van der Waals surface area contributed by atoms with Crippen LogP contribution >= 0.6 is 11.6 Å². The van der Waals surface area contributed by atoms with Crippen LogP contribution < -0.4 is 0 Å². The van der Waals surface area contributed by atoms with Gasteiger partial charge in [-0.2, -0.15) is 0 Å². The Balaban J connectivity index is 1.93. The van der Waals surface area contributed by atoms with Crippen molar-refractivity contribution in [2.45, 2.75) is 18.8 Å². The number of hydrogen-bond acceptors (Lipinski definition) is 2. The Morgan fingerprint density at radius 3 is 2.79 bits per heavy atom. The molecule has 0 aliphatic heterocycles. The Morgan fingerprint density at radius 1 is 1.21 bits per heavy atom. The summed E-state index contributed by atoms with van der Waals surface area (Å²) in [4.78, 5) is 8.22. The zero-order chi connectivity index (χ0) is 9.54. The van der Waals surface area contributed by atoms with E-state index in [1.54, 1.807) is 6.33 Å². The van der Waals surface area contributed by atoms with Crippen molar-refractivity contribution in [2.24, 2.45) is 11.8 Å². The second-order valence-corrected chi connectivity index (χ2v) is 4.54. The van der Waals surface area contributed by atoms with Gasteiger partial charge < -0.3 is 0 Å². The van der Waals surface area contributed by atoms with E-state index in [9.17, 15) is 0 Å².